The molecule has 0 N–H and O–H groups in total. The van der Waals surface area contributed by atoms with Crippen LogP contribution in [0.2, 0.25) is 0 Å². The molecule has 11 rings (SSSR count). The molecule has 0 saturated carbocycles. The van der Waals surface area contributed by atoms with E-state index in [1.54, 1.807) is 0 Å². The smallest absolute Gasteiger partial charge is 0.0559 e. The van der Waals surface area contributed by atoms with E-state index in [0.29, 0.717) is 0 Å². The van der Waals surface area contributed by atoms with Gasteiger partial charge in [-0.15, -0.1) is 0 Å². The average Bonchev–Trinajstić information content (AvgIpc) is 3.38. The van der Waals surface area contributed by atoms with Gasteiger partial charge >= 0.3 is 0 Å². The molecule has 1 aliphatic rings. The van der Waals surface area contributed by atoms with E-state index in [1.807, 2.05) is 0 Å². The lowest BCUT2D eigenvalue weighted by Gasteiger charge is -2.33. The Morgan fingerprint density at radius 3 is 1.14 bits per heavy atom. The summed E-state index contributed by atoms with van der Waals surface area (Å²) in [5.41, 5.74) is 15.3. The maximum atomic E-state index is 2.50. The van der Waals surface area contributed by atoms with Crippen LogP contribution in [0.5, 0.6) is 0 Å². The lowest BCUT2D eigenvalue weighted by atomic mass is 9.84. The second-order valence-electron chi connectivity index (χ2n) is 16.4. The van der Waals surface area contributed by atoms with Crippen molar-refractivity contribution in [1.82, 2.24) is 0 Å². The van der Waals surface area contributed by atoms with Gasteiger partial charge in [0.15, 0.2) is 0 Å². The first-order chi connectivity index (χ1) is 31.8. The summed E-state index contributed by atoms with van der Waals surface area (Å²) in [6.45, 7) is 0. The predicted octanol–water partition coefficient (Wildman–Crippen LogP) is 17.2. The Labute approximate surface area is 376 Å². The minimum Gasteiger partial charge on any atom is -0.334 e. The molecule has 1 aliphatic carbocycles. The van der Waals surface area contributed by atoms with Gasteiger partial charge in [0.1, 0.15) is 0 Å². The lowest BCUT2D eigenvalue weighted by molar-refractivity contribution is 0.785. The summed E-state index contributed by atoms with van der Waals surface area (Å²) >= 11 is 0. The second kappa shape index (κ2) is 17.3. The number of rotatable bonds is 10. The summed E-state index contributed by atoms with van der Waals surface area (Å²) in [6.07, 6.45) is 9.87. The van der Waals surface area contributed by atoms with Gasteiger partial charge in [-0.3, -0.25) is 0 Å². The Bertz CT molecular complexity index is 3210. The van der Waals surface area contributed by atoms with Crippen LogP contribution in [0.4, 0.5) is 28.4 Å². The minimum absolute atomic E-state index is 0.174. The fraction of sp³-hybridized carbons (Fsp3) is 0.0323. The molecule has 0 aliphatic heterocycles. The molecule has 0 aromatic heterocycles. The van der Waals surface area contributed by atoms with Crippen molar-refractivity contribution in [1.29, 1.82) is 0 Å². The molecule has 0 saturated heterocycles. The summed E-state index contributed by atoms with van der Waals surface area (Å²) in [5.74, 6) is 0. The van der Waals surface area contributed by atoms with Crippen molar-refractivity contribution < 1.29 is 0 Å². The highest BCUT2D eigenvalue weighted by atomic mass is 15.2. The molecule has 0 amide bonds. The van der Waals surface area contributed by atoms with Gasteiger partial charge in [0, 0.05) is 28.4 Å². The molecule has 10 aromatic rings. The summed E-state index contributed by atoms with van der Waals surface area (Å²) in [5, 5.41) is 4.83. The molecule has 10 aromatic carbocycles. The van der Waals surface area contributed by atoms with Crippen molar-refractivity contribution in [3.05, 3.63) is 261 Å². The minimum atomic E-state index is 0.174. The first kappa shape index (κ1) is 38.7. The highest BCUT2D eigenvalue weighted by molar-refractivity contribution is 6.22. The molecule has 0 heterocycles. The Morgan fingerprint density at radius 1 is 0.297 bits per heavy atom. The molecule has 0 spiro atoms. The second-order valence-corrected chi connectivity index (χ2v) is 16.4. The quantitative estimate of drug-likeness (QED) is 0.127. The van der Waals surface area contributed by atoms with E-state index in [4.69, 9.17) is 0 Å². The third kappa shape index (κ3) is 7.46. The van der Waals surface area contributed by atoms with Crippen molar-refractivity contribution in [3.63, 3.8) is 0 Å². The molecule has 1 atom stereocenters. The number of benzene rings is 10. The van der Waals surface area contributed by atoms with Crippen LogP contribution in [0, 0.1) is 0 Å². The third-order valence-electron chi connectivity index (χ3n) is 12.5. The highest BCUT2D eigenvalue weighted by Gasteiger charge is 2.24. The summed E-state index contributed by atoms with van der Waals surface area (Å²) in [6, 6.07) is 86.3. The Hall–Kier alpha value is -8.20. The third-order valence-corrected chi connectivity index (χ3v) is 12.5. The Morgan fingerprint density at radius 2 is 0.688 bits per heavy atom. The highest BCUT2D eigenvalue weighted by Crippen LogP contribution is 2.48. The van der Waals surface area contributed by atoms with E-state index in [0.717, 1.165) is 29.2 Å². The van der Waals surface area contributed by atoms with E-state index in [2.05, 4.69) is 271 Å². The van der Waals surface area contributed by atoms with Crippen molar-refractivity contribution in [3.8, 4) is 44.5 Å². The summed E-state index contributed by atoms with van der Waals surface area (Å²) < 4.78 is 0. The van der Waals surface area contributed by atoms with Crippen LogP contribution in [0.1, 0.15) is 6.42 Å². The molecule has 2 heteroatoms. The molecule has 0 radical (unpaired) electrons. The maximum absolute atomic E-state index is 2.50. The van der Waals surface area contributed by atoms with E-state index < -0.39 is 0 Å². The van der Waals surface area contributed by atoms with Gasteiger partial charge in [-0.25, -0.2) is 0 Å². The number of hydrogen-bond donors (Lipinski definition) is 0. The van der Waals surface area contributed by atoms with Crippen LogP contribution >= 0.6 is 0 Å². The van der Waals surface area contributed by atoms with Crippen LogP contribution in [0.25, 0.3) is 66.1 Å². The summed E-state index contributed by atoms with van der Waals surface area (Å²) in [4.78, 5) is 4.87. The zero-order chi connectivity index (χ0) is 42.7. The lowest BCUT2D eigenvalue weighted by Crippen LogP contribution is -2.29. The van der Waals surface area contributed by atoms with E-state index in [9.17, 15) is 0 Å². The number of allylic oxidation sites excluding steroid dienone is 2. The SMILES string of the molecule is C1=CCC(N(c2ccccc2)c2ccc3c(-c4ccc(-c5ccccc5)cc4)c4cc(N(c5ccccc5)c5ccccc5)ccc4c(-c4ccc(-c5ccccc5)cc4)c3c2)C=C1. The topological polar surface area (TPSA) is 6.48 Å². The van der Waals surface area contributed by atoms with Gasteiger partial charge in [0.05, 0.1) is 6.04 Å². The maximum Gasteiger partial charge on any atom is 0.0559 e. The van der Waals surface area contributed by atoms with Crippen molar-refractivity contribution in [2.24, 2.45) is 0 Å². The monoisotopic (exact) mass is 818 g/mol. The Kier molecular flexibility index (Phi) is 10.5. The number of fused-ring (bicyclic) bond motifs is 2. The molecule has 0 bridgehead atoms. The molecular formula is C62H46N2. The first-order valence-corrected chi connectivity index (χ1v) is 22.2. The van der Waals surface area contributed by atoms with Crippen LogP contribution in [-0.4, -0.2) is 6.04 Å². The first-order valence-electron chi connectivity index (χ1n) is 22.2. The molecule has 2 nitrogen and oxygen atoms in total. The fourth-order valence-corrected chi connectivity index (χ4v) is 9.52. The zero-order valence-electron chi connectivity index (χ0n) is 35.5. The zero-order valence-corrected chi connectivity index (χ0v) is 35.5. The van der Waals surface area contributed by atoms with Gasteiger partial charge in [0.25, 0.3) is 0 Å². The van der Waals surface area contributed by atoms with Crippen LogP contribution in [0.15, 0.2) is 261 Å². The predicted molar refractivity (Wildman–Crippen MR) is 273 cm³/mol. The van der Waals surface area contributed by atoms with E-state index in [-0.39, 0.29) is 6.04 Å². The number of hydrogen-bond acceptors (Lipinski definition) is 2. The molecule has 64 heavy (non-hydrogen) atoms. The van der Waals surface area contributed by atoms with E-state index in [1.165, 1.54) is 71.7 Å². The standard InChI is InChI=1S/C62H46N2/c1-7-19-45(20-8-1)47-31-35-49(36-32-47)61-57-41-39-56(64(53-27-15-5-16-28-53)54-29-17-6-18-30-54)44-60(57)62(50-37-33-48(34-38-50)46-21-9-2-10-22-46)58-42-40-55(43-59(58)61)63(51-23-11-3-12-24-51)52-25-13-4-14-26-52/h1-29,31-44,54H,30H2. The average molecular weight is 819 g/mol. The van der Waals surface area contributed by atoms with Gasteiger partial charge in [-0.2, -0.15) is 0 Å². The number of para-hydroxylation sites is 3. The molecule has 1 unspecified atom stereocenters. The fourth-order valence-electron chi connectivity index (χ4n) is 9.52. The van der Waals surface area contributed by atoms with Crippen molar-refractivity contribution >= 4 is 50.0 Å². The van der Waals surface area contributed by atoms with Crippen molar-refractivity contribution in [2.45, 2.75) is 12.5 Å². The van der Waals surface area contributed by atoms with Gasteiger partial charge in [0.2, 0.25) is 0 Å². The molecule has 0 fully saturated rings. The van der Waals surface area contributed by atoms with Crippen LogP contribution < -0.4 is 9.80 Å². The van der Waals surface area contributed by atoms with E-state index >= 15 is 0 Å². The van der Waals surface area contributed by atoms with Gasteiger partial charge in [-0.1, -0.05) is 200 Å². The largest absolute Gasteiger partial charge is 0.334 e. The van der Waals surface area contributed by atoms with Gasteiger partial charge < -0.3 is 9.80 Å². The molecular weight excluding hydrogens is 773 g/mol. The summed E-state index contributed by atoms with van der Waals surface area (Å²) in [7, 11) is 0. The van der Waals surface area contributed by atoms with Crippen LogP contribution in [0.3, 0.4) is 0 Å². The Balaban J connectivity index is 1.21. The van der Waals surface area contributed by atoms with Crippen molar-refractivity contribution in [2.75, 3.05) is 9.80 Å². The normalized spacial score (nSPS) is 13.3. The molecule has 304 valence electrons. The van der Waals surface area contributed by atoms with Crippen LogP contribution in [-0.2, 0) is 0 Å². The number of nitrogens with zero attached hydrogens (tertiary/aromatic N) is 2. The van der Waals surface area contributed by atoms with Gasteiger partial charge in [-0.05, 0) is 133 Å². The number of anilines is 5.